The van der Waals surface area contributed by atoms with Crippen LogP contribution in [0, 0.1) is 5.92 Å². The summed E-state index contributed by atoms with van der Waals surface area (Å²) in [5.41, 5.74) is 2.52. The molecule has 3 aromatic rings. The number of hydrogen-bond acceptors (Lipinski definition) is 5. The molecular weight excluding hydrogens is 456 g/mol. The lowest BCUT2D eigenvalue weighted by molar-refractivity contribution is -0.145. The van der Waals surface area contributed by atoms with Gasteiger partial charge >= 0.3 is 12.1 Å². The van der Waals surface area contributed by atoms with Gasteiger partial charge in [-0.05, 0) is 22.6 Å². The minimum absolute atomic E-state index is 0.0774. The lowest BCUT2D eigenvalue weighted by Crippen LogP contribution is -2.55. The highest BCUT2D eigenvalue weighted by Crippen LogP contribution is 2.29. The number of esters is 1. The summed E-state index contributed by atoms with van der Waals surface area (Å²) in [7, 11) is 1.29. The van der Waals surface area contributed by atoms with E-state index >= 15 is 0 Å². The number of benzene rings is 3. The van der Waals surface area contributed by atoms with E-state index in [1.165, 1.54) is 7.11 Å². The Morgan fingerprint density at radius 2 is 1.22 bits per heavy atom. The maximum absolute atomic E-state index is 13.4. The summed E-state index contributed by atoms with van der Waals surface area (Å²) >= 11 is 0. The normalized spacial score (nSPS) is 12.5. The molecule has 36 heavy (non-hydrogen) atoms. The summed E-state index contributed by atoms with van der Waals surface area (Å²) in [5, 5.41) is 5.48. The lowest BCUT2D eigenvalue weighted by atomic mass is 9.84. The molecule has 0 aliphatic rings. The number of ether oxygens (including phenoxy) is 2. The smallest absolute Gasteiger partial charge is 0.408 e. The Kier molecular flexibility index (Phi) is 9.63. The zero-order valence-electron chi connectivity index (χ0n) is 20.7. The highest BCUT2D eigenvalue weighted by atomic mass is 16.5. The zero-order chi connectivity index (χ0) is 25.9. The van der Waals surface area contributed by atoms with Crippen molar-refractivity contribution in [2.75, 3.05) is 7.11 Å². The Bertz CT molecular complexity index is 1080. The largest absolute Gasteiger partial charge is 0.467 e. The van der Waals surface area contributed by atoms with E-state index < -0.39 is 36.0 Å². The first kappa shape index (κ1) is 26.5. The van der Waals surface area contributed by atoms with E-state index in [0.717, 1.165) is 16.7 Å². The van der Waals surface area contributed by atoms with Crippen LogP contribution >= 0.6 is 0 Å². The summed E-state index contributed by atoms with van der Waals surface area (Å²) in [5.74, 6) is -1.86. The number of rotatable bonds is 10. The summed E-state index contributed by atoms with van der Waals surface area (Å²) in [6.07, 6.45) is -0.718. The fourth-order valence-electron chi connectivity index (χ4n) is 3.97. The third kappa shape index (κ3) is 7.18. The van der Waals surface area contributed by atoms with Crippen LogP contribution in [0.4, 0.5) is 4.79 Å². The van der Waals surface area contributed by atoms with Gasteiger partial charge in [-0.25, -0.2) is 9.59 Å². The number of amides is 2. The third-order valence-electron chi connectivity index (χ3n) is 5.84. The van der Waals surface area contributed by atoms with Gasteiger partial charge in [0.1, 0.15) is 18.7 Å². The summed E-state index contributed by atoms with van der Waals surface area (Å²) in [4.78, 5) is 38.8. The highest BCUT2D eigenvalue weighted by Gasteiger charge is 2.36. The van der Waals surface area contributed by atoms with Crippen molar-refractivity contribution in [1.29, 1.82) is 0 Å². The van der Waals surface area contributed by atoms with Crippen molar-refractivity contribution in [3.63, 3.8) is 0 Å². The van der Waals surface area contributed by atoms with Crippen molar-refractivity contribution in [3.05, 3.63) is 108 Å². The molecule has 0 bridgehead atoms. The van der Waals surface area contributed by atoms with E-state index in [9.17, 15) is 14.4 Å². The summed E-state index contributed by atoms with van der Waals surface area (Å²) in [6, 6.07) is 26.2. The van der Waals surface area contributed by atoms with Gasteiger partial charge in [0.2, 0.25) is 5.91 Å². The molecule has 0 spiro atoms. The van der Waals surface area contributed by atoms with E-state index in [0.29, 0.717) is 0 Å². The lowest BCUT2D eigenvalue weighted by Gasteiger charge is -2.29. The van der Waals surface area contributed by atoms with Gasteiger partial charge in [-0.2, -0.15) is 0 Å². The van der Waals surface area contributed by atoms with Crippen molar-refractivity contribution in [3.8, 4) is 0 Å². The number of nitrogens with one attached hydrogen (secondary N) is 2. The van der Waals surface area contributed by atoms with Crippen LogP contribution in [-0.2, 0) is 25.7 Å². The Morgan fingerprint density at radius 1 is 0.722 bits per heavy atom. The van der Waals surface area contributed by atoms with Crippen molar-refractivity contribution >= 4 is 18.0 Å². The molecule has 0 aliphatic heterocycles. The standard InChI is InChI=1S/C29H32N2O5/c1-20(2)25(31-29(34)36-19-21-13-7-4-8-14-21)27(32)30-26(28(33)35-3)24(22-15-9-5-10-16-22)23-17-11-6-12-18-23/h4-18,20,24-26H,19H2,1-3H3,(H,30,32)(H,31,34)/t25-,26-/m1/s1. The molecular formula is C29H32N2O5. The van der Waals surface area contributed by atoms with E-state index in [1.54, 1.807) is 13.8 Å². The van der Waals surface area contributed by atoms with Gasteiger partial charge in [0.05, 0.1) is 7.11 Å². The van der Waals surface area contributed by atoms with Gasteiger partial charge in [0.15, 0.2) is 0 Å². The predicted octanol–water partition coefficient (Wildman–Crippen LogP) is 4.43. The quantitative estimate of drug-likeness (QED) is 0.412. The van der Waals surface area contributed by atoms with Crippen LogP contribution in [0.3, 0.4) is 0 Å². The number of carbonyl (C=O) groups is 3. The second-order valence-corrected chi connectivity index (χ2v) is 8.74. The molecule has 0 aromatic heterocycles. The van der Waals surface area contributed by atoms with Crippen molar-refractivity contribution < 1.29 is 23.9 Å². The minimum atomic E-state index is -1.02. The molecule has 0 unspecified atom stereocenters. The van der Waals surface area contributed by atoms with Crippen molar-refractivity contribution in [2.45, 2.75) is 38.5 Å². The average Bonchev–Trinajstić information content (AvgIpc) is 2.91. The topological polar surface area (TPSA) is 93.7 Å². The number of carbonyl (C=O) groups excluding carboxylic acids is 3. The maximum atomic E-state index is 13.4. The van der Waals surface area contributed by atoms with Gasteiger partial charge in [-0.3, -0.25) is 4.79 Å². The molecule has 7 heteroatoms. The van der Waals surface area contributed by atoms with Gasteiger partial charge < -0.3 is 20.1 Å². The molecule has 7 nitrogen and oxygen atoms in total. The van der Waals surface area contributed by atoms with Crippen LogP contribution in [0.2, 0.25) is 0 Å². The molecule has 0 saturated carbocycles. The fraction of sp³-hybridized carbons (Fsp3) is 0.276. The van der Waals surface area contributed by atoms with E-state index in [-0.39, 0.29) is 12.5 Å². The molecule has 0 radical (unpaired) electrons. The molecule has 2 amide bonds. The van der Waals surface area contributed by atoms with E-state index in [4.69, 9.17) is 9.47 Å². The SMILES string of the molecule is COC(=O)[C@H](NC(=O)[C@H](NC(=O)OCc1ccccc1)C(C)C)C(c1ccccc1)c1ccccc1. The Balaban J connectivity index is 1.81. The first-order chi connectivity index (χ1) is 17.4. The molecule has 0 saturated heterocycles. The summed E-state index contributed by atoms with van der Waals surface area (Å²) in [6.45, 7) is 3.69. The minimum Gasteiger partial charge on any atom is -0.467 e. The molecule has 3 aromatic carbocycles. The molecule has 0 heterocycles. The monoisotopic (exact) mass is 488 g/mol. The molecule has 0 aliphatic carbocycles. The molecule has 2 atom stereocenters. The van der Waals surface area contributed by atoms with Crippen LogP contribution in [0.1, 0.15) is 36.5 Å². The highest BCUT2D eigenvalue weighted by molar-refractivity contribution is 5.90. The van der Waals surface area contributed by atoms with Crippen LogP contribution < -0.4 is 10.6 Å². The molecule has 188 valence electrons. The Labute approximate surface area is 211 Å². The first-order valence-electron chi connectivity index (χ1n) is 11.9. The van der Waals surface area contributed by atoms with E-state index in [1.807, 2.05) is 91.0 Å². The van der Waals surface area contributed by atoms with Gasteiger partial charge in [-0.15, -0.1) is 0 Å². The van der Waals surface area contributed by atoms with Crippen LogP contribution in [-0.4, -0.2) is 37.2 Å². The van der Waals surface area contributed by atoms with Crippen molar-refractivity contribution in [2.24, 2.45) is 5.92 Å². The van der Waals surface area contributed by atoms with E-state index in [2.05, 4.69) is 10.6 Å². The predicted molar refractivity (Wildman–Crippen MR) is 137 cm³/mol. The van der Waals surface area contributed by atoms with Gasteiger partial charge in [0, 0.05) is 5.92 Å². The molecule has 0 fully saturated rings. The molecule has 3 rings (SSSR count). The van der Waals surface area contributed by atoms with Crippen LogP contribution in [0.5, 0.6) is 0 Å². The van der Waals surface area contributed by atoms with Crippen LogP contribution in [0.15, 0.2) is 91.0 Å². The van der Waals surface area contributed by atoms with Gasteiger partial charge in [-0.1, -0.05) is 105 Å². The van der Waals surface area contributed by atoms with Crippen LogP contribution in [0.25, 0.3) is 0 Å². The van der Waals surface area contributed by atoms with Crippen molar-refractivity contribution in [1.82, 2.24) is 10.6 Å². The number of hydrogen-bond donors (Lipinski definition) is 2. The Morgan fingerprint density at radius 3 is 1.69 bits per heavy atom. The third-order valence-corrected chi connectivity index (χ3v) is 5.84. The van der Waals surface area contributed by atoms with Gasteiger partial charge in [0.25, 0.3) is 0 Å². The summed E-state index contributed by atoms with van der Waals surface area (Å²) < 4.78 is 10.4. The zero-order valence-corrected chi connectivity index (χ0v) is 20.7. The maximum Gasteiger partial charge on any atom is 0.408 e. The second kappa shape index (κ2) is 13.1. The number of methoxy groups -OCH3 is 1. The second-order valence-electron chi connectivity index (χ2n) is 8.74. The average molecular weight is 489 g/mol. The molecule has 2 N–H and O–H groups in total. The first-order valence-corrected chi connectivity index (χ1v) is 11.9. The Hall–Kier alpha value is -4.13. The fourth-order valence-corrected chi connectivity index (χ4v) is 3.97. The number of alkyl carbamates (subject to hydrolysis) is 1.